The Balaban J connectivity index is 0.00000562. The van der Waals surface area contributed by atoms with Crippen molar-refractivity contribution in [3.05, 3.63) is 200 Å². The summed E-state index contributed by atoms with van der Waals surface area (Å²) >= 11 is 0. The number of para-hydroxylation sites is 3. The van der Waals surface area contributed by atoms with Gasteiger partial charge < -0.3 is 19.1 Å². The Labute approximate surface area is 366 Å². The van der Waals surface area contributed by atoms with E-state index in [1.807, 2.05) is 76.5 Å². The molecule has 0 saturated carbocycles. The van der Waals surface area contributed by atoms with Crippen LogP contribution >= 0.6 is 0 Å². The maximum atomic E-state index is 8.99. The minimum Gasteiger partial charge on any atom is -0.509 e. The number of hydrogen-bond acceptors (Lipinski definition) is 4. The van der Waals surface area contributed by atoms with Crippen molar-refractivity contribution in [3.8, 4) is 39.6 Å². The molecule has 5 nitrogen and oxygen atoms in total. The van der Waals surface area contributed by atoms with Crippen LogP contribution in [0.1, 0.15) is 38.7 Å². The molecule has 0 aliphatic carbocycles. The van der Waals surface area contributed by atoms with E-state index in [2.05, 4.69) is 55.7 Å². The molecule has 1 aliphatic heterocycles. The minimum atomic E-state index is -0.534. The van der Waals surface area contributed by atoms with Gasteiger partial charge in [0.05, 0.1) is 12.3 Å². The first-order chi connectivity index (χ1) is 31.6. The zero-order valence-corrected chi connectivity index (χ0v) is 33.9. The van der Waals surface area contributed by atoms with Crippen molar-refractivity contribution in [2.24, 2.45) is 0 Å². The van der Waals surface area contributed by atoms with E-state index in [1.165, 1.54) is 11.6 Å². The largest absolute Gasteiger partial charge is 0.509 e. The van der Waals surface area contributed by atoms with Crippen molar-refractivity contribution in [1.29, 1.82) is 0 Å². The Bertz CT molecular complexity index is 3420. The fourth-order valence-corrected chi connectivity index (χ4v) is 7.44. The maximum absolute atomic E-state index is 8.99. The van der Waals surface area contributed by atoms with Gasteiger partial charge in [-0.1, -0.05) is 135 Å². The van der Waals surface area contributed by atoms with Crippen LogP contribution in [0.3, 0.4) is 0 Å². The fraction of sp³-hybridized carbons (Fsp3) is 0.0769. The molecule has 1 aliphatic rings. The zero-order valence-electron chi connectivity index (χ0n) is 40.6. The van der Waals surface area contributed by atoms with Crippen LogP contribution in [0.5, 0.6) is 11.5 Å². The first kappa shape index (κ1) is 28.1. The molecule has 0 N–H and O–H groups in total. The summed E-state index contributed by atoms with van der Waals surface area (Å²) in [5.74, 6) is 1.62. The van der Waals surface area contributed by atoms with Gasteiger partial charge in [-0.15, -0.1) is 48.1 Å². The summed E-state index contributed by atoms with van der Waals surface area (Å²) in [5, 5.41) is 2.08. The summed E-state index contributed by atoms with van der Waals surface area (Å²) in [6.07, 6.45) is 1.77. The summed E-state index contributed by atoms with van der Waals surface area (Å²) in [6.45, 7) is 8.38. The van der Waals surface area contributed by atoms with Gasteiger partial charge in [0.15, 0.2) is 0 Å². The smallest absolute Gasteiger partial charge is 0.135 e. The first-order valence-corrected chi connectivity index (χ1v) is 18.6. The van der Waals surface area contributed by atoms with E-state index < -0.39 is 42.3 Å². The van der Waals surface area contributed by atoms with Crippen molar-refractivity contribution in [3.63, 3.8) is 0 Å². The summed E-state index contributed by atoms with van der Waals surface area (Å²) < 4.78 is 86.3. The number of hydrogen-bond donors (Lipinski definition) is 0. The van der Waals surface area contributed by atoms with Gasteiger partial charge in [0.25, 0.3) is 0 Å². The van der Waals surface area contributed by atoms with Crippen molar-refractivity contribution < 1.29 is 38.1 Å². The number of pyridine rings is 1. The molecule has 0 atom stereocenters. The molecule has 0 radical (unpaired) electrons. The topological polar surface area (TPSA) is 33.5 Å². The molecule has 9 aromatic rings. The molecule has 2 aromatic heterocycles. The molecule has 7 aromatic carbocycles. The molecule has 3 heterocycles. The van der Waals surface area contributed by atoms with E-state index in [1.54, 1.807) is 37.1 Å². The van der Waals surface area contributed by atoms with Crippen LogP contribution < -0.4 is 14.5 Å². The van der Waals surface area contributed by atoms with Gasteiger partial charge in [0, 0.05) is 72.5 Å². The first-order valence-electron chi connectivity index (χ1n) is 23.1. The molecule has 10 rings (SSSR count). The Morgan fingerprint density at radius 2 is 1.34 bits per heavy atom. The SMILES string of the molecule is [2H]c1cc(-c2cccc(-c3c([2H])c([2H])c([2H])c([2H])c3[2H])c2N2[CH-]N(c3[c-]c(Oc4[c-]c5c(cc4)c4cc(C(C)(C)C)ccc4n5-c4ccccn4)ccc3)c3ccccc32)c([2H])c([2H])c1[2H].[Pt]. The van der Waals surface area contributed by atoms with Gasteiger partial charge in [0.2, 0.25) is 0 Å². The second kappa shape index (κ2) is 15.2. The van der Waals surface area contributed by atoms with Crippen LogP contribution in [0.15, 0.2) is 176 Å². The minimum absolute atomic E-state index is 0. The van der Waals surface area contributed by atoms with Gasteiger partial charge in [-0.3, -0.25) is 0 Å². The Hall–Kier alpha value is -6.42. The van der Waals surface area contributed by atoms with Crippen LogP contribution in [-0.2, 0) is 26.5 Å². The molecule has 0 amide bonds. The predicted molar refractivity (Wildman–Crippen MR) is 234 cm³/mol. The van der Waals surface area contributed by atoms with E-state index >= 15 is 0 Å². The molecule has 58 heavy (non-hydrogen) atoms. The van der Waals surface area contributed by atoms with Crippen molar-refractivity contribution in [2.75, 3.05) is 9.80 Å². The summed E-state index contributed by atoms with van der Waals surface area (Å²) in [7, 11) is 0. The summed E-state index contributed by atoms with van der Waals surface area (Å²) in [4.78, 5) is 8.40. The average Bonchev–Trinajstić information content (AvgIpc) is 3.86. The molecular weight excluding hydrogens is 892 g/mol. The van der Waals surface area contributed by atoms with E-state index in [0.717, 1.165) is 27.6 Å². The Morgan fingerprint density at radius 1 is 0.638 bits per heavy atom. The van der Waals surface area contributed by atoms with Gasteiger partial charge in [-0.05, 0) is 57.8 Å². The van der Waals surface area contributed by atoms with E-state index in [0.29, 0.717) is 39.8 Å². The van der Waals surface area contributed by atoms with Crippen LogP contribution in [0, 0.1) is 18.8 Å². The van der Waals surface area contributed by atoms with Crippen LogP contribution in [0.4, 0.5) is 22.7 Å². The summed E-state index contributed by atoms with van der Waals surface area (Å²) in [5.41, 5.74) is 5.96. The third-order valence-electron chi connectivity index (χ3n) is 10.1. The molecule has 0 fully saturated rings. The van der Waals surface area contributed by atoms with Crippen molar-refractivity contribution >= 4 is 44.6 Å². The second-order valence-electron chi connectivity index (χ2n) is 14.7. The normalized spacial score (nSPS) is 14.6. The van der Waals surface area contributed by atoms with Crippen LogP contribution in [0.25, 0.3) is 49.9 Å². The molecule has 286 valence electrons. The van der Waals surface area contributed by atoms with Crippen LogP contribution in [-0.4, -0.2) is 9.55 Å². The zero-order chi connectivity index (χ0) is 46.3. The molecule has 0 bridgehead atoms. The Morgan fingerprint density at radius 3 is 2.12 bits per heavy atom. The van der Waals surface area contributed by atoms with Gasteiger partial charge in [0.1, 0.15) is 5.82 Å². The van der Waals surface area contributed by atoms with Crippen molar-refractivity contribution in [2.45, 2.75) is 26.2 Å². The fourth-order valence-electron chi connectivity index (χ4n) is 7.44. The Kier molecular flexibility index (Phi) is 7.33. The van der Waals surface area contributed by atoms with E-state index in [9.17, 15) is 0 Å². The van der Waals surface area contributed by atoms with Gasteiger partial charge in [-0.25, -0.2) is 4.98 Å². The molecular formula is C52H39N4OPt-3. The van der Waals surface area contributed by atoms with E-state index in [-0.39, 0.29) is 55.3 Å². The van der Waals surface area contributed by atoms with Gasteiger partial charge in [-0.2, -0.15) is 12.1 Å². The second-order valence-corrected chi connectivity index (χ2v) is 14.7. The average molecular weight is 940 g/mol. The molecule has 6 heteroatoms. The van der Waals surface area contributed by atoms with Gasteiger partial charge >= 0.3 is 0 Å². The number of nitrogens with zero attached hydrogens (tertiary/aromatic N) is 4. The number of benzene rings is 7. The molecule has 0 spiro atoms. The quantitative estimate of drug-likeness (QED) is 0.149. The monoisotopic (exact) mass is 939 g/mol. The third kappa shape index (κ3) is 6.66. The number of anilines is 4. The standard InChI is InChI=1S/C52H39N4O.Pt/c1-52(2,3)38-27-30-46-45(32-38)44-29-28-41(34-49(44)56(46)50-26-12-13-31-53-50)57-40-21-14-20-39(33-40)54-35-55(48-25-11-10-24-47(48)54)51-42(36-16-6-4-7-17-36)22-15-23-43(51)37-18-8-5-9-19-37;/h4-32,35H,1-3H3;/q-3;/i4D,5D,6D,7D,8D,9D,16D,17D,18D;. The molecule has 0 saturated heterocycles. The summed E-state index contributed by atoms with van der Waals surface area (Å²) in [6, 6.07) is 38.9. The number of aromatic nitrogens is 2. The maximum Gasteiger partial charge on any atom is 0.135 e. The molecule has 0 unspecified atom stereocenters. The predicted octanol–water partition coefficient (Wildman–Crippen LogP) is 13.6. The van der Waals surface area contributed by atoms with Crippen molar-refractivity contribution in [1.82, 2.24) is 9.55 Å². The number of ether oxygens (including phenoxy) is 1. The number of fused-ring (bicyclic) bond motifs is 4. The van der Waals surface area contributed by atoms with Crippen LogP contribution in [0.2, 0.25) is 0 Å². The number of rotatable bonds is 7. The third-order valence-corrected chi connectivity index (χ3v) is 10.1. The van der Waals surface area contributed by atoms with E-state index in [4.69, 9.17) is 22.1 Å².